The van der Waals surface area contributed by atoms with Crippen LogP contribution in [0.15, 0.2) is 30.3 Å². The van der Waals surface area contributed by atoms with Gasteiger partial charge in [0.05, 0.1) is 6.61 Å². The molecule has 3 fully saturated rings. The highest BCUT2D eigenvalue weighted by molar-refractivity contribution is 5.17. The first-order valence-electron chi connectivity index (χ1n) is 7.55. The third-order valence-electron chi connectivity index (χ3n) is 4.24. The smallest absolute Gasteiger partial charge is 0.190 e. The molecular formula is C16H20O6. The summed E-state index contributed by atoms with van der Waals surface area (Å²) in [6.45, 7) is 4.07. The van der Waals surface area contributed by atoms with Gasteiger partial charge in [0.15, 0.2) is 18.4 Å². The van der Waals surface area contributed by atoms with Crippen molar-refractivity contribution in [1.82, 2.24) is 0 Å². The average Bonchev–Trinajstić information content (AvgIpc) is 3.15. The van der Waals surface area contributed by atoms with Crippen LogP contribution >= 0.6 is 0 Å². The second-order valence-electron chi connectivity index (χ2n) is 6.31. The van der Waals surface area contributed by atoms with Gasteiger partial charge in [0, 0.05) is 5.56 Å². The van der Waals surface area contributed by atoms with Gasteiger partial charge in [-0.2, -0.15) is 0 Å². The number of hydrogen-bond donors (Lipinski definition) is 1. The van der Waals surface area contributed by atoms with E-state index in [4.69, 9.17) is 23.7 Å². The number of hydrogen-bond acceptors (Lipinski definition) is 6. The van der Waals surface area contributed by atoms with Crippen LogP contribution in [0.4, 0.5) is 0 Å². The Kier molecular flexibility index (Phi) is 3.48. The third-order valence-corrected chi connectivity index (χ3v) is 4.24. The van der Waals surface area contributed by atoms with Crippen LogP contribution in [0, 0.1) is 0 Å². The highest BCUT2D eigenvalue weighted by Gasteiger charge is 2.56. The van der Waals surface area contributed by atoms with Crippen molar-refractivity contribution in [3.8, 4) is 0 Å². The molecule has 0 amide bonds. The molecule has 3 aliphatic rings. The predicted octanol–water partition coefficient (Wildman–Crippen LogP) is 1.34. The third kappa shape index (κ3) is 2.46. The molecule has 0 bridgehead atoms. The van der Waals surface area contributed by atoms with E-state index in [-0.39, 0.29) is 6.10 Å². The molecule has 1 N–H and O–H groups in total. The van der Waals surface area contributed by atoms with E-state index in [9.17, 15) is 5.11 Å². The molecule has 6 heteroatoms. The molecule has 120 valence electrons. The van der Waals surface area contributed by atoms with Crippen LogP contribution in [-0.4, -0.2) is 48.2 Å². The van der Waals surface area contributed by atoms with Gasteiger partial charge in [-0.25, -0.2) is 0 Å². The Morgan fingerprint density at radius 3 is 2.45 bits per heavy atom. The molecule has 0 aliphatic carbocycles. The van der Waals surface area contributed by atoms with Gasteiger partial charge in [-0.05, 0) is 13.8 Å². The summed E-state index contributed by atoms with van der Waals surface area (Å²) in [4.78, 5) is 0. The van der Waals surface area contributed by atoms with Crippen LogP contribution in [0.1, 0.15) is 25.7 Å². The highest BCUT2D eigenvalue weighted by Crippen LogP contribution is 2.41. The Bertz CT molecular complexity index is 533. The molecule has 3 heterocycles. The molecule has 1 aromatic carbocycles. The Morgan fingerprint density at radius 2 is 1.82 bits per heavy atom. The maximum atomic E-state index is 10.5. The van der Waals surface area contributed by atoms with Crippen molar-refractivity contribution < 1.29 is 28.8 Å². The van der Waals surface area contributed by atoms with E-state index in [2.05, 4.69) is 0 Å². The molecule has 0 spiro atoms. The number of aliphatic hydroxyl groups excluding tert-OH is 1. The summed E-state index contributed by atoms with van der Waals surface area (Å²) >= 11 is 0. The highest BCUT2D eigenvalue weighted by atomic mass is 16.8. The van der Waals surface area contributed by atoms with Gasteiger partial charge < -0.3 is 28.8 Å². The van der Waals surface area contributed by atoms with Crippen molar-refractivity contribution in [2.75, 3.05) is 6.61 Å². The number of rotatable bonds is 2. The second kappa shape index (κ2) is 5.26. The molecule has 0 saturated carbocycles. The van der Waals surface area contributed by atoms with Gasteiger partial charge in [0.1, 0.15) is 24.4 Å². The lowest BCUT2D eigenvalue weighted by Crippen LogP contribution is -2.41. The topological polar surface area (TPSA) is 66.4 Å². The lowest BCUT2D eigenvalue weighted by Gasteiger charge is -2.24. The molecule has 1 unspecified atom stereocenters. The van der Waals surface area contributed by atoms with Crippen molar-refractivity contribution in [2.45, 2.75) is 56.6 Å². The van der Waals surface area contributed by atoms with Crippen LogP contribution in [0.25, 0.3) is 0 Å². The summed E-state index contributed by atoms with van der Waals surface area (Å²) in [6.07, 6.45) is -3.24. The van der Waals surface area contributed by atoms with Gasteiger partial charge in [0.25, 0.3) is 0 Å². The summed E-state index contributed by atoms with van der Waals surface area (Å²) in [5.74, 6) is -0.653. The van der Waals surface area contributed by atoms with E-state index in [0.717, 1.165) is 5.56 Å². The Balaban J connectivity index is 1.44. The zero-order valence-corrected chi connectivity index (χ0v) is 12.5. The summed E-state index contributed by atoms with van der Waals surface area (Å²) < 4.78 is 28.7. The van der Waals surface area contributed by atoms with E-state index in [0.29, 0.717) is 6.61 Å². The van der Waals surface area contributed by atoms with Gasteiger partial charge in [0.2, 0.25) is 0 Å². The fourth-order valence-electron chi connectivity index (χ4n) is 3.16. The quantitative estimate of drug-likeness (QED) is 0.889. The summed E-state index contributed by atoms with van der Waals surface area (Å²) in [6, 6.07) is 9.61. The minimum atomic E-state index is -0.804. The van der Waals surface area contributed by atoms with Crippen molar-refractivity contribution in [2.24, 2.45) is 0 Å². The van der Waals surface area contributed by atoms with Gasteiger partial charge in [-0.1, -0.05) is 30.3 Å². The maximum absolute atomic E-state index is 10.5. The monoisotopic (exact) mass is 308 g/mol. The number of benzene rings is 1. The van der Waals surface area contributed by atoms with Gasteiger partial charge >= 0.3 is 0 Å². The number of aliphatic hydroxyl groups is 1. The molecule has 3 saturated heterocycles. The standard InChI is InChI=1S/C16H20O6/c1-16(2)18-8-10(22-16)12-11(17)13-15(19-12)21-14(20-13)9-6-4-3-5-7-9/h3-7,10-15,17H,8H2,1-2H3/t10-,11+,12-,13-,14?,15-/m1/s1. The van der Waals surface area contributed by atoms with Crippen LogP contribution in [-0.2, 0) is 23.7 Å². The van der Waals surface area contributed by atoms with E-state index in [1.54, 1.807) is 0 Å². The number of ether oxygens (including phenoxy) is 5. The average molecular weight is 308 g/mol. The minimum Gasteiger partial charge on any atom is -0.387 e. The summed E-state index contributed by atoms with van der Waals surface area (Å²) in [5.41, 5.74) is 0.908. The molecule has 3 aliphatic heterocycles. The van der Waals surface area contributed by atoms with Crippen molar-refractivity contribution in [3.05, 3.63) is 35.9 Å². The van der Waals surface area contributed by atoms with Gasteiger partial charge in [-0.3, -0.25) is 0 Å². The SMILES string of the molecule is CC1(C)OC[C@H]([C@H]2O[C@@H]3OC(c4ccccc4)O[C@@H]3[C@H]2O)O1. The molecule has 0 radical (unpaired) electrons. The fraction of sp³-hybridized carbons (Fsp3) is 0.625. The molecule has 22 heavy (non-hydrogen) atoms. The largest absolute Gasteiger partial charge is 0.387 e. The van der Waals surface area contributed by atoms with Crippen molar-refractivity contribution in [1.29, 1.82) is 0 Å². The Labute approximate surface area is 128 Å². The zero-order valence-electron chi connectivity index (χ0n) is 12.5. The van der Waals surface area contributed by atoms with Crippen LogP contribution in [0.2, 0.25) is 0 Å². The van der Waals surface area contributed by atoms with Crippen LogP contribution in [0.3, 0.4) is 0 Å². The first-order valence-corrected chi connectivity index (χ1v) is 7.55. The fourth-order valence-corrected chi connectivity index (χ4v) is 3.16. The molecule has 0 aromatic heterocycles. The van der Waals surface area contributed by atoms with E-state index < -0.39 is 36.7 Å². The molecule has 6 nitrogen and oxygen atoms in total. The van der Waals surface area contributed by atoms with Gasteiger partial charge in [-0.15, -0.1) is 0 Å². The summed E-state index contributed by atoms with van der Waals surface area (Å²) in [7, 11) is 0. The molecule has 6 atom stereocenters. The number of fused-ring (bicyclic) bond motifs is 1. The Morgan fingerprint density at radius 1 is 1.05 bits per heavy atom. The normalized spacial score (nSPS) is 43.4. The van der Waals surface area contributed by atoms with Crippen molar-refractivity contribution >= 4 is 0 Å². The zero-order chi connectivity index (χ0) is 15.3. The first-order chi connectivity index (χ1) is 10.5. The summed E-state index contributed by atoms with van der Waals surface area (Å²) in [5, 5.41) is 10.5. The van der Waals surface area contributed by atoms with E-state index >= 15 is 0 Å². The van der Waals surface area contributed by atoms with Crippen molar-refractivity contribution in [3.63, 3.8) is 0 Å². The Hall–Kier alpha value is -1.02. The predicted molar refractivity (Wildman–Crippen MR) is 74.7 cm³/mol. The molecule has 4 rings (SSSR count). The van der Waals surface area contributed by atoms with E-state index in [1.807, 2.05) is 44.2 Å². The molecule has 1 aromatic rings. The first kappa shape index (κ1) is 14.6. The minimum absolute atomic E-state index is 0.321. The second-order valence-corrected chi connectivity index (χ2v) is 6.31. The lowest BCUT2D eigenvalue weighted by molar-refractivity contribution is -0.204. The van der Waals surface area contributed by atoms with Crippen LogP contribution in [0.5, 0.6) is 0 Å². The van der Waals surface area contributed by atoms with E-state index in [1.165, 1.54) is 0 Å². The molecular weight excluding hydrogens is 288 g/mol. The van der Waals surface area contributed by atoms with Crippen LogP contribution < -0.4 is 0 Å². The lowest BCUT2D eigenvalue weighted by atomic mass is 10.1. The maximum Gasteiger partial charge on any atom is 0.190 e.